The Bertz CT molecular complexity index is 570. The van der Waals surface area contributed by atoms with Crippen LogP contribution in [0.1, 0.15) is 35.2 Å². The van der Waals surface area contributed by atoms with Crippen LogP contribution in [-0.4, -0.2) is 5.11 Å². The van der Waals surface area contributed by atoms with E-state index in [1.54, 1.807) is 12.1 Å². The fourth-order valence-electron chi connectivity index (χ4n) is 2.39. The molecule has 0 radical (unpaired) electrons. The van der Waals surface area contributed by atoms with Gasteiger partial charge in [-0.1, -0.05) is 29.3 Å². The number of rotatable bonds is 3. The van der Waals surface area contributed by atoms with E-state index in [1.807, 2.05) is 13.0 Å². The molecule has 2 aromatic rings. The lowest BCUT2D eigenvalue weighted by molar-refractivity contribution is 0.475. The molecule has 0 aromatic heterocycles. The van der Waals surface area contributed by atoms with Crippen molar-refractivity contribution in [2.45, 2.75) is 33.7 Å². The van der Waals surface area contributed by atoms with Gasteiger partial charge in [0.25, 0.3) is 0 Å². The molecule has 0 saturated carbocycles. The number of aromatic hydroxyl groups is 1. The van der Waals surface area contributed by atoms with Crippen LogP contribution in [0.2, 0.25) is 0 Å². The third-order valence-electron chi connectivity index (χ3n) is 3.33. The number of hydrogen-bond donors (Lipinski definition) is 2. The minimum Gasteiger partial charge on any atom is -0.508 e. The highest BCUT2D eigenvalue weighted by atomic mass is 16.3. The molecule has 2 nitrogen and oxygen atoms in total. The van der Waals surface area contributed by atoms with Crippen molar-refractivity contribution in [2.75, 3.05) is 5.32 Å². The van der Waals surface area contributed by atoms with E-state index in [1.165, 1.54) is 16.7 Å². The summed E-state index contributed by atoms with van der Waals surface area (Å²) in [7, 11) is 0. The van der Waals surface area contributed by atoms with Gasteiger partial charge in [-0.25, -0.2) is 0 Å². The van der Waals surface area contributed by atoms with E-state index >= 15 is 0 Å². The summed E-state index contributed by atoms with van der Waals surface area (Å²) in [5.74, 6) is 0.308. The van der Waals surface area contributed by atoms with Gasteiger partial charge in [0, 0.05) is 11.7 Å². The maximum Gasteiger partial charge on any atom is 0.115 e. The van der Waals surface area contributed by atoms with Gasteiger partial charge in [-0.15, -0.1) is 0 Å². The monoisotopic (exact) mass is 255 g/mol. The van der Waals surface area contributed by atoms with E-state index in [2.05, 4.69) is 44.3 Å². The number of phenolic OH excluding ortho intramolecular Hbond substituents is 1. The summed E-state index contributed by atoms with van der Waals surface area (Å²) in [6, 6.07) is 12.2. The van der Waals surface area contributed by atoms with E-state index in [0.717, 1.165) is 11.3 Å². The molecule has 0 aliphatic rings. The third-order valence-corrected chi connectivity index (χ3v) is 3.33. The Labute approximate surface area is 115 Å². The molecular formula is C17H21NO. The third kappa shape index (κ3) is 3.28. The zero-order valence-electron chi connectivity index (χ0n) is 12.0. The molecule has 0 spiro atoms. The first-order chi connectivity index (χ1) is 8.95. The second-order valence-electron chi connectivity index (χ2n) is 5.29. The lowest BCUT2D eigenvalue weighted by Crippen LogP contribution is -2.08. The first-order valence-corrected chi connectivity index (χ1v) is 6.60. The summed E-state index contributed by atoms with van der Waals surface area (Å²) in [5, 5.41) is 12.9. The lowest BCUT2D eigenvalue weighted by atomic mass is 10.0. The fraction of sp³-hybridized carbons (Fsp3) is 0.294. The average molecular weight is 255 g/mol. The van der Waals surface area contributed by atoms with E-state index < -0.39 is 0 Å². The van der Waals surface area contributed by atoms with Crippen molar-refractivity contribution in [2.24, 2.45) is 0 Å². The normalized spacial score (nSPS) is 12.2. The molecule has 19 heavy (non-hydrogen) atoms. The number of aryl methyl sites for hydroxylation is 3. The Morgan fingerprint density at radius 2 is 1.58 bits per heavy atom. The zero-order valence-corrected chi connectivity index (χ0v) is 12.0. The predicted octanol–water partition coefficient (Wildman–Crippen LogP) is 4.49. The molecule has 0 amide bonds. The highest BCUT2D eigenvalue weighted by Gasteiger charge is 2.08. The van der Waals surface area contributed by atoms with Gasteiger partial charge >= 0.3 is 0 Å². The van der Waals surface area contributed by atoms with Crippen molar-refractivity contribution < 1.29 is 5.11 Å². The van der Waals surface area contributed by atoms with Crippen LogP contribution in [0, 0.1) is 20.8 Å². The van der Waals surface area contributed by atoms with Crippen LogP contribution in [0.15, 0.2) is 36.4 Å². The number of anilines is 1. The quantitative estimate of drug-likeness (QED) is 0.792. The Hall–Kier alpha value is -1.96. The van der Waals surface area contributed by atoms with Crippen LogP contribution >= 0.6 is 0 Å². The molecular weight excluding hydrogens is 234 g/mol. The van der Waals surface area contributed by atoms with Crippen LogP contribution < -0.4 is 5.32 Å². The highest BCUT2D eigenvalue weighted by Crippen LogP contribution is 2.25. The van der Waals surface area contributed by atoms with Gasteiger partial charge in [0.1, 0.15) is 5.75 Å². The topological polar surface area (TPSA) is 32.3 Å². The summed E-state index contributed by atoms with van der Waals surface area (Å²) in [6.45, 7) is 8.39. The first-order valence-electron chi connectivity index (χ1n) is 6.60. The van der Waals surface area contributed by atoms with Crippen LogP contribution in [0.3, 0.4) is 0 Å². The van der Waals surface area contributed by atoms with Crippen LogP contribution in [-0.2, 0) is 0 Å². The Morgan fingerprint density at radius 3 is 2.16 bits per heavy atom. The predicted molar refractivity (Wildman–Crippen MR) is 80.8 cm³/mol. The second kappa shape index (κ2) is 5.35. The number of benzene rings is 2. The van der Waals surface area contributed by atoms with E-state index in [-0.39, 0.29) is 6.04 Å². The summed E-state index contributed by atoms with van der Waals surface area (Å²) < 4.78 is 0. The molecule has 0 aliphatic carbocycles. The van der Waals surface area contributed by atoms with E-state index in [0.29, 0.717) is 5.75 Å². The summed E-state index contributed by atoms with van der Waals surface area (Å²) >= 11 is 0. The molecule has 0 bridgehead atoms. The number of hydrogen-bond acceptors (Lipinski definition) is 2. The fourth-order valence-corrected chi connectivity index (χ4v) is 2.39. The minimum atomic E-state index is 0.238. The molecule has 0 saturated heterocycles. The van der Waals surface area contributed by atoms with Gasteiger partial charge in [0.15, 0.2) is 0 Å². The Balaban J connectivity index is 2.22. The van der Waals surface area contributed by atoms with E-state index in [4.69, 9.17) is 0 Å². The van der Waals surface area contributed by atoms with Crippen LogP contribution in [0.25, 0.3) is 0 Å². The summed E-state index contributed by atoms with van der Waals surface area (Å²) in [6.07, 6.45) is 0. The highest BCUT2D eigenvalue weighted by molar-refractivity contribution is 5.54. The van der Waals surface area contributed by atoms with Gasteiger partial charge in [0.2, 0.25) is 0 Å². The van der Waals surface area contributed by atoms with Gasteiger partial charge < -0.3 is 10.4 Å². The summed E-state index contributed by atoms with van der Waals surface area (Å²) in [5.41, 5.74) is 5.96. The van der Waals surface area contributed by atoms with Crippen molar-refractivity contribution in [1.82, 2.24) is 0 Å². The maximum absolute atomic E-state index is 9.43. The Kier molecular flexibility index (Phi) is 3.79. The number of nitrogens with one attached hydrogen (secondary N) is 1. The van der Waals surface area contributed by atoms with Crippen LogP contribution in [0.5, 0.6) is 5.75 Å². The Morgan fingerprint density at radius 1 is 0.947 bits per heavy atom. The molecule has 2 N–H and O–H groups in total. The van der Waals surface area contributed by atoms with Crippen molar-refractivity contribution in [3.05, 3.63) is 58.7 Å². The molecule has 0 heterocycles. The lowest BCUT2D eigenvalue weighted by Gasteiger charge is -2.18. The smallest absolute Gasteiger partial charge is 0.115 e. The SMILES string of the molecule is Cc1cc(C)cc(C(C)Nc2ccc(O)cc2C)c1. The van der Waals surface area contributed by atoms with Gasteiger partial charge in [-0.05, 0) is 57.0 Å². The van der Waals surface area contributed by atoms with Gasteiger partial charge in [-0.3, -0.25) is 0 Å². The number of phenols is 1. The zero-order chi connectivity index (χ0) is 14.0. The maximum atomic E-state index is 9.43. The average Bonchev–Trinajstić information content (AvgIpc) is 2.31. The molecule has 1 atom stereocenters. The molecule has 100 valence electrons. The van der Waals surface area contributed by atoms with Crippen molar-refractivity contribution in [3.8, 4) is 5.75 Å². The van der Waals surface area contributed by atoms with Crippen molar-refractivity contribution >= 4 is 5.69 Å². The molecule has 0 fully saturated rings. The van der Waals surface area contributed by atoms with Crippen molar-refractivity contribution in [3.63, 3.8) is 0 Å². The molecule has 2 aromatic carbocycles. The largest absolute Gasteiger partial charge is 0.508 e. The molecule has 0 aliphatic heterocycles. The first kappa shape index (κ1) is 13.5. The minimum absolute atomic E-state index is 0.238. The van der Waals surface area contributed by atoms with Gasteiger partial charge in [-0.2, -0.15) is 0 Å². The second-order valence-corrected chi connectivity index (χ2v) is 5.29. The van der Waals surface area contributed by atoms with E-state index in [9.17, 15) is 5.11 Å². The summed E-state index contributed by atoms with van der Waals surface area (Å²) in [4.78, 5) is 0. The molecule has 2 rings (SSSR count). The molecule has 1 unspecified atom stereocenters. The van der Waals surface area contributed by atoms with Crippen LogP contribution in [0.4, 0.5) is 5.69 Å². The molecule has 2 heteroatoms. The van der Waals surface area contributed by atoms with Gasteiger partial charge in [0.05, 0.1) is 0 Å². The standard InChI is InChI=1S/C17H21NO/c1-11-7-12(2)9-15(8-11)14(4)18-17-6-5-16(19)10-13(17)3/h5-10,14,18-19H,1-4H3. The van der Waals surface area contributed by atoms with Crippen molar-refractivity contribution in [1.29, 1.82) is 0 Å².